The number of nitrogens with zero attached hydrogens (tertiary/aromatic N) is 5. The van der Waals surface area contributed by atoms with Crippen molar-refractivity contribution in [2.45, 2.75) is 37.1 Å². The van der Waals surface area contributed by atoms with Crippen LogP contribution in [0.3, 0.4) is 0 Å². The van der Waals surface area contributed by atoms with E-state index in [4.69, 9.17) is 0 Å². The SMILES string of the molecule is O=C(c1cn(CC2CCCN(S(=O)(=O)c3cccc(F)c3)C2)nn1)N1CCCC1. The van der Waals surface area contributed by atoms with Crippen LogP contribution < -0.4 is 0 Å². The van der Waals surface area contributed by atoms with Crippen molar-refractivity contribution in [1.82, 2.24) is 24.2 Å². The van der Waals surface area contributed by atoms with Gasteiger partial charge in [-0.25, -0.2) is 12.8 Å². The van der Waals surface area contributed by atoms with Crippen molar-refractivity contribution in [3.63, 3.8) is 0 Å². The number of carbonyl (C=O) groups excluding carboxylic acids is 1. The Kier molecular flexibility index (Phi) is 5.64. The Hall–Kier alpha value is -2.33. The lowest BCUT2D eigenvalue weighted by molar-refractivity contribution is 0.0787. The van der Waals surface area contributed by atoms with Gasteiger partial charge in [-0.05, 0) is 49.8 Å². The molecule has 0 aliphatic carbocycles. The van der Waals surface area contributed by atoms with Gasteiger partial charge in [-0.3, -0.25) is 9.48 Å². The first-order valence-electron chi connectivity index (χ1n) is 9.88. The molecule has 2 aliphatic rings. The highest BCUT2D eigenvalue weighted by atomic mass is 32.2. The molecular weight excluding hydrogens is 397 g/mol. The Bertz CT molecular complexity index is 987. The van der Waals surface area contributed by atoms with Crippen LogP contribution in [0.25, 0.3) is 0 Å². The summed E-state index contributed by atoms with van der Waals surface area (Å²) in [4.78, 5) is 14.2. The molecule has 156 valence electrons. The molecule has 0 saturated carbocycles. The summed E-state index contributed by atoms with van der Waals surface area (Å²) in [5.74, 6) is -0.631. The third-order valence-corrected chi connectivity index (χ3v) is 7.37. The number of amides is 1. The maximum absolute atomic E-state index is 13.5. The summed E-state index contributed by atoms with van der Waals surface area (Å²) in [6.45, 7) is 2.72. The van der Waals surface area contributed by atoms with Crippen molar-refractivity contribution in [3.05, 3.63) is 42.0 Å². The highest BCUT2D eigenvalue weighted by Crippen LogP contribution is 2.25. The maximum atomic E-state index is 13.5. The first-order valence-corrected chi connectivity index (χ1v) is 11.3. The van der Waals surface area contributed by atoms with Crippen molar-refractivity contribution in [2.75, 3.05) is 26.2 Å². The Morgan fingerprint density at radius 3 is 2.72 bits per heavy atom. The van der Waals surface area contributed by atoms with Crippen LogP contribution in [-0.2, 0) is 16.6 Å². The molecule has 2 saturated heterocycles. The molecule has 29 heavy (non-hydrogen) atoms. The molecule has 10 heteroatoms. The quantitative estimate of drug-likeness (QED) is 0.734. The zero-order chi connectivity index (χ0) is 20.4. The molecule has 2 fully saturated rings. The van der Waals surface area contributed by atoms with Crippen molar-refractivity contribution in [2.24, 2.45) is 5.92 Å². The largest absolute Gasteiger partial charge is 0.337 e. The van der Waals surface area contributed by atoms with Crippen molar-refractivity contribution in [3.8, 4) is 0 Å². The smallest absolute Gasteiger partial charge is 0.276 e. The normalized spacial score (nSPS) is 20.9. The van der Waals surface area contributed by atoms with Crippen LogP contribution in [0.15, 0.2) is 35.4 Å². The summed E-state index contributed by atoms with van der Waals surface area (Å²) in [6, 6.07) is 5.09. The van der Waals surface area contributed by atoms with E-state index in [1.165, 1.54) is 22.5 Å². The number of hydrogen-bond donors (Lipinski definition) is 0. The first kappa shape index (κ1) is 20.0. The maximum Gasteiger partial charge on any atom is 0.276 e. The van der Waals surface area contributed by atoms with E-state index < -0.39 is 15.8 Å². The molecule has 4 rings (SSSR count). The molecule has 2 aliphatic heterocycles. The first-order chi connectivity index (χ1) is 13.9. The van der Waals surface area contributed by atoms with Crippen LogP contribution in [0.1, 0.15) is 36.2 Å². The molecule has 3 heterocycles. The van der Waals surface area contributed by atoms with E-state index >= 15 is 0 Å². The van der Waals surface area contributed by atoms with E-state index in [-0.39, 0.29) is 16.7 Å². The molecule has 1 aromatic heterocycles. The second kappa shape index (κ2) is 8.19. The van der Waals surface area contributed by atoms with Crippen LogP contribution in [-0.4, -0.2) is 64.7 Å². The van der Waals surface area contributed by atoms with Gasteiger partial charge < -0.3 is 4.90 Å². The minimum absolute atomic E-state index is 0.0302. The van der Waals surface area contributed by atoms with Gasteiger partial charge in [0.15, 0.2) is 5.69 Å². The molecule has 1 unspecified atom stereocenters. The summed E-state index contributed by atoms with van der Waals surface area (Å²) in [6.07, 6.45) is 5.23. The number of hydrogen-bond acceptors (Lipinski definition) is 5. The minimum Gasteiger partial charge on any atom is -0.337 e. The highest BCUT2D eigenvalue weighted by Gasteiger charge is 2.31. The predicted octanol–water partition coefficient (Wildman–Crippen LogP) is 1.75. The average molecular weight is 421 g/mol. The average Bonchev–Trinajstić information content (AvgIpc) is 3.40. The number of carbonyl (C=O) groups is 1. The van der Waals surface area contributed by atoms with Gasteiger partial charge in [0.05, 0.1) is 11.1 Å². The van der Waals surface area contributed by atoms with Crippen molar-refractivity contribution in [1.29, 1.82) is 0 Å². The molecule has 0 spiro atoms. The molecule has 0 N–H and O–H groups in total. The molecule has 1 atom stereocenters. The lowest BCUT2D eigenvalue weighted by Crippen LogP contribution is -2.41. The molecule has 8 nitrogen and oxygen atoms in total. The van der Waals surface area contributed by atoms with Gasteiger partial charge in [0.2, 0.25) is 10.0 Å². The summed E-state index contributed by atoms with van der Waals surface area (Å²) < 4.78 is 42.2. The summed E-state index contributed by atoms with van der Waals surface area (Å²) in [5.41, 5.74) is 0.326. The van der Waals surface area contributed by atoms with Crippen LogP contribution >= 0.6 is 0 Å². The zero-order valence-corrected chi connectivity index (χ0v) is 16.9. The number of sulfonamides is 1. The van der Waals surface area contributed by atoms with Gasteiger partial charge in [0.1, 0.15) is 5.82 Å². The molecule has 0 radical (unpaired) electrons. The fourth-order valence-electron chi connectivity index (χ4n) is 4.00. The van der Waals surface area contributed by atoms with E-state index in [0.29, 0.717) is 31.7 Å². The van der Waals surface area contributed by atoms with Crippen molar-refractivity contribution < 1.29 is 17.6 Å². The number of halogens is 1. The summed E-state index contributed by atoms with van der Waals surface area (Å²) in [5, 5.41) is 8.06. The van der Waals surface area contributed by atoms with Gasteiger partial charge in [-0.15, -0.1) is 5.10 Å². The van der Waals surface area contributed by atoms with E-state index in [1.807, 2.05) is 0 Å². The van der Waals surface area contributed by atoms with Gasteiger partial charge in [-0.2, -0.15) is 4.31 Å². The lowest BCUT2D eigenvalue weighted by atomic mass is 10.00. The lowest BCUT2D eigenvalue weighted by Gasteiger charge is -2.31. The Morgan fingerprint density at radius 1 is 1.17 bits per heavy atom. The number of rotatable bonds is 5. The Morgan fingerprint density at radius 2 is 1.97 bits per heavy atom. The molecular formula is C19H24FN5O3S. The van der Waals surface area contributed by atoms with E-state index in [1.54, 1.807) is 15.8 Å². The third kappa shape index (κ3) is 4.32. The fourth-order valence-corrected chi connectivity index (χ4v) is 5.59. The second-order valence-electron chi connectivity index (χ2n) is 7.65. The summed E-state index contributed by atoms with van der Waals surface area (Å²) >= 11 is 0. The standard InChI is InChI=1S/C19H24FN5O3S/c20-16-6-3-7-17(11-16)29(27,28)25-10-4-5-15(13-25)12-24-14-18(21-22-24)19(26)23-8-1-2-9-23/h3,6-7,11,14-15H,1-2,4-5,8-10,12-13H2. The minimum atomic E-state index is -3.74. The molecule has 1 amide bonds. The number of piperidine rings is 1. The number of likely N-dealkylation sites (tertiary alicyclic amines) is 1. The van der Waals surface area contributed by atoms with E-state index in [2.05, 4.69) is 10.3 Å². The number of benzene rings is 1. The second-order valence-corrected chi connectivity index (χ2v) is 9.59. The van der Waals surface area contributed by atoms with Gasteiger partial charge >= 0.3 is 0 Å². The van der Waals surface area contributed by atoms with Gasteiger partial charge in [0.25, 0.3) is 5.91 Å². The Balaban J connectivity index is 1.42. The fraction of sp³-hybridized carbons (Fsp3) is 0.526. The molecule has 2 aromatic rings. The van der Waals surface area contributed by atoms with E-state index in [0.717, 1.165) is 38.4 Å². The van der Waals surface area contributed by atoms with Crippen LogP contribution in [0.2, 0.25) is 0 Å². The van der Waals surface area contributed by atoms with E-state index in [9.17, 15) is 17.6 Å². The zero-order valence-electron chi connectivity index (χ0n) is 16.1. The number of aromatic nitrogens is 3. The topological polar surface area (TPSA) is 88.4 Å². The van der Waals surface area contributed by atoms with Gasteiger partial charge in [-0.1, -0.05) is 11.3 Å². The Labute approximate surface area is 169 Å². The monoisotopic (exact) mass is 421 g/mol. The van der Waals surface area contributed by atoms with Gasteiger partial charge in [0, 0.05) is 32.7 Å². The molecule has 0 bridgehead atoms. The predicted molar refractivity (Wildman–Crippen MR) is 103 cm³/mol. The van der Waals surface area contributed by atoms with Crippen molar-refractivity contribution >= 4 is 15.9 Å². The molecule has 1 aromatic carbocycles. The van der Waals surface area contributed by atoms with Crippen LogP contribution in [0.5, 0.6) is 0 Å². The highest BCUT2D eigenvalue weighted by molar-refractivity contribution is 7.89. The summed E-state index contributed by atoms with van der Waals surface area (Å²) in [7, 11) is -3.74. The van der Waals surface area contributed by atoms with Crippen LogP contribution in [0.4, 0.5) is 4.39 Å². The third-order valence-electron chi connectivity index (χ3n) is 5.51. The van der Waals surface area contributed by atoms with Crippen LogP contribution in [0, 0.1) is 11.7 Å².